The molecule has 0 radical (unpaired) electrons. The van der Waals surface area contributed by atoms with Gasteiger partial charge in [0.2, 0.25) is 0 Å². The highest BCUT2D eigenvalue weighted by Crippen LogP contribution is 2.49. The van der Waals surface area contributed by atoms with Crippen molar-refractivity contribution in [2.45, 2.75) is 58.8 Å². The number of methoxy groups -OCH3 is 2. The van der Waals surface area contributed by atoms with E-state index in [2.05, 4.69) is 64.6 Å². The number of rotatable bonds is 4. The van der Waals surface area contributed by atoms with Gasteiger partial charge in [-0.15, -0.1) is 5.73 Å². The maximum atomic E-state index is 12.6. The first-order chi connectivity index (χ1) is 13.4. The number of benzene rings is 1. The first-order valence-electron chi connectivity index (χ1n) is 9.85. The summed E-state index contributed by atoms with van der Waals surface area (Å²) in [5.74, 6) is -1.23. The highest BCUT2D eigenvalue weighted by atomic mass is 16.5. The molecule has 1 aliphatic carbocycles. The molecular formula is C25H32O4. The second-order valence-electron chi connectivity index (χ2n) is 9.05. The molecule has 4 heteroatoms. The van der Waals surface area contributed by atoms with Crippen molar-refractivity contribution in [2.75, 3.05) is 14.2 Å². The Balaban J connectivity index is 2.65. The Kier molecular flexibility index (Phi) is 6.30. The molecule has 156 valence electrons. The minimum atomic E-state index is -1.48. The van der Waals surface area contributed by atoms with Gasteiger partial charge in [-0.2, -0.15) is 0 Å². The molecule has 29 heavy (non-hydrogen) atoms. The predicted molar refractivity (Wildman–Crippen MR) is 115 cm³/mol. The molecule has 0 saturated heterocycles. The largest absolute Gasteiger partial charge is 0.468 e. The first-order valence-corrected chi connectivity index (χ1v) is 9.85. The van der Waals surface area contributed by atoms with E-state index < -0.39 is 22.8 Å². The molecule has 0 aromatic heterocycles. The minimum Gasteiger partial charge on any atom is -0.468 e. The van der Waals surface area contributed by atoms with Crippen LogP contribution >= 0.6 is 0 Å². The van der Waals surface area contributed by atoms with E-state index in [0.29, 0.717) is 0 Å². The fourth-order valence-electron chi connectivity index (χ4n) is 3.87. The zero-order valence-electron chi connectivity index (χ0n) is 18.8. The average Bonchev–Trinajstić information content (AvgIpc) is 3.08. The Labute approximate surface area is 174 Å². The van der Waals surface area contributed by atoms with Crippen molar-refractivity contribution in [1.29, 1.82) is 0 Å². The zero-order chi connectivity index (χ0) is 22.0. The topological polar surface area (TPSA) is 52.6 Å². The van der Waals surface area contributed by atoms with Crippen LogP contribution in [0.25, 0.3) is 0 Å². The smallest absolute Gasteiger partial charge is 0.327 e. The normalized spacial score (nSPS) is 16.0. The molecular weight excluding hydrogens is 364 g/mol. The van der Waals surface area contributed by atoms with E-state index in [-0.39, 0.29) is 11.8 Å². The fourth-order valence-corrected chi connectivity index (χ4v) is 3.87. The van der Waals surface area contributed by atoms with Crippen LogP contribution in [0.1, 0.15) is 59.1 Å². The molecule has 0 amide bonds. The van der Waals surface area contributed by atoms with Gasteiger partial charge in [0.15, 0.2) is 5.41 Å². The average molecular weight is 397 g/mol. The number of hydrogen-bond acceptors (Lipinski definition) is 4. The minimum absolute atomic E-state index is 0.0657. The van der Waals surface area contributed by atoms with E-state index in [1.165, 1.54) is 19.8 Å². The van der Waals surface area contributed by atoms with Crippen LogP contribution in [0.3, 0.4) is 0 Å². The molecule has 0 heterocycles. The molecule has 1 aromatic rings. The summed E-state index contributed by atoms with van der Waals surface area (Å²) in [7, 11) is 2.57. The quantitative estimate of drug-likeness (QED) is 0.407. The van der Waals surface area contributed by atoms with Crippen molar-refractivity contribution in [3.8, 4) is 0 Å². The van der Waals surface area contributed by atoms with Gasteiger partial charge in [-0.05, 0) is 40.7 Å². The molecule has 0 bridgehead atoms. The zero-order valence-corrected chi connectivity index (χ0v) is 18.8. The summed E-state index contributed by atoms with van der Waals surface area (Å²) in [4.78, 5) is 25.3. The maximum absolute atomic E-state index is 12.6. The van der Waals surface area contributed by atoms with Crippen LogP contribution in [-0.2, 0) is 29.9 Å². The molecule has 0 fully saturated rings. The van der Waals surface area contributed by atoms with Crippen LogP contribution in [0.5, 0.6) is 0 Å². The van der Waals surface area contributed by atoms with Crippen molar-refractivity contribution >= 4 is 11.9 Å². The van der Waals surface area contributed by atoms with Crippen LogP contribution in [-0.4, -0.2) is 26.2 Å². The summed E-state index contributed by atoms with van der Waals surface area (Å²) >= 11 is 0. The van der Waals surface area contributed by atoms with Gasteiger partial charge in [0.1, 0.15) is 0 Å². The number of allylic oxidation sites excluding steroid dienone is 2. The molecule has 0 unspecified atom stereocenters. The summed E-state index contributed by atoms with van der Waals surface area (Å²) in [6.45, 7) is 12.6. The second kappa shape index (κ2) is 8.04. The lowest BCUT2D eigenvalue weighted by Gasteiger charge is -2.29. The van der Waals surface area contributed by atoms with Crippen molar-refractivity contribution in [2.24, 2.45) is 5.41 Å². The van der Waals surface area contributed by atoms with Crippen LogP contribution in [0, 0.1) is 5.41 Å². The van der Waals surface area contributed by atoms with Gasteiger partial charge >= 0.3 is 11.9 Å². The second-order valence-corrected chi connectivity index (χ2v) is 9.05. The molecule has 0 saturated carbocycles. The van der Waals surface area contributed by atoms with Gasteiger partial charge in [0, 0.05) is 11.8 Å². The third-order valence-electron chi connectivity index (χ3n) is 5.74. The Morgan fingerprint density at radius 3 is 1.86 bits per heavy atom. The molecule has 1 aromatic carbocycles. The first kappa shape index (κ1) is 22.7. The van der Waals surface area contributed by atoms with Gasteiger partial charge in [0.05, 0.1) is 14.2 Å². The standard InChI is InChI=1S/C25H32O4/c1-9-10-17-15-25(21(26)28-7,22(27)29-8)16-20(17)24(5,6)19-13-11-18(12-14-19)23(2,3)4/h9,11-14,16H,15H2,1-8H3. The highest BCUT2D eigenvalue weighted by Gasteiger charge is 2.53. The predicted octanol–water partition coefficient (Wildman–Crippen LogP) is 5.03. The lowest BCUT2D eigenvalue weighted by Crippen LogP contribution is -2.38. The summed E-state index contributed by atoms with van der Waals surface area (Å²) in [6.07, 6.45) is 3.69. The lowest BCUT2D eigenvalue weighted by molar-refractivity contribution is -0.164. The number of ether oxygens (including phenoxy) is 2. The van der Waals surface area contributed by atoms with Crippen molar-refractivity contribution in [3.63, 3.8) is 0 Å². The SMILES string of the molecule is CC=C=C1CC(C(=O)OC)(C(=O)OC)C=C1C(C)(C)c1ccc(C(C)(C)C)cc1. The third kappa shape index (κ3) is 4.09. The van der Waals surface area contributed by atoms with Crippen LogP contribution in [0.2, 0.25) is 0 Å². The lowest BCUT2D eigenvalue weighted by atomic mass is 9.74. The highest BCUT2D eigenvalue weighted by molar-refractivity contribution is 6.04. The van der Waals surface area contributed by atoms with Crippen LogP contribution in [0.4, 0.5) is 0 Å². The number of esters is 2. The van der Waals surface area contributed by atoms with Gasteiger partial charge in [0.25, 0.3) is 0 Å². The maximum Gasteiger partial charge on any atom is 0.327 e. The van der Waals surface area contributed by atoms with Crippen molar-refractivity contribution in [3.05, 3.63) is 64.4 Å². The summed E-state index contributed by atoms with van der Waals surface area (Å²) in [5.41, 5.74) is 5.42. The Morgan fingerprint density at radius 1 is 0.966 bits per heavy atom. The third-order valence-corrected chi connectivity index (χ3v) is 5.74. The van der Waals surface area contributed by atoms with Crippen LogP contribution < -0.4 is 0 Å². The molecule has 0 spiro atoms. The number of hydrogen-bond donors (Lipinski definition) is 0. The number of carbonyl (C=O) groups is 2. The monoisotopic (exact) mass is 396 g/mol. The molecule has 0 N–H and O–H groups in total. The summed E-state index contributed by atoms with van der Waals surface area (Å²) in [6, 6.07) is 8.51. The Bertz CT molecular complexity index is 870. The van der Waals surface area contributed by atoms with Crippen LogP contribution in [0.15, 0.2) is 53.3 Å². The Hall–Kier alpha value is -2.58. The van der Waals surface area contributed by atoms with E-state index in [0.717, 1.165) is 16.7 Å². The molecule has 0 atom stereocenters. The van der Waals surface area contributed by atoms with E-state index in [9.17, 15) is 9.59 Å². The number of carbonyl (C=O) groups excluding carboxylic acids is 2. The van der Waals surface area contributed by atoms with E-state index in [1.807, 2.05) is 6.92 Å². The van der Waals surface area contributed by atoms with E-state index in [4.69, 9.17) is 9.47 Å². The van der Waals surface area contributed by atoms with Gasteiger partial charge in [-0.3, -0.25) is 9.59 Å². The summed E-state index contributed by atoms with van der Waals surface area (Å²) < 4.78 is 9.94. The summed E-state index contributed by atoms with van der Waals surface area (Å²) in [5, 5.41) is 0. The molecule has 2 rings (SSSR count). The molecule has 4 nitrogen and oxygen atoms in total. The van der Waals surface area contributed by atoms with Gasteiger partial charge < -0.3 is 9.47 Å². The van der Waals surface area contributed by atoms with Gasteiger partial charge in [-0.25, -0.2) is 0 Å². The van der Waals surface area contributed by atoms with Crippen molar-refractivity contribution < 1.29 is 19.1 Å². The molecule has 1 aliphatic rings. The van der Waals surface area contributed by atoms with E-state index >= 15 is 0 Å². The molecule has 0 aliphatic heterocycles. The van der Waals surface area contributed by atoms with E-state index in [1.54, 1.807) is 12.2 Å². The fraction of sp³-hybridized carbons (Fsp3) is 0.480. The Morgan fingerprint density at radius 2 is 1.45 bits per heavy atom. The van der Waals surface area contributed by atoms with Gasteiger partial charge in [-0.1, -0.05) is 65.0 Å². The van der Waals surface area contributed by atoms with Crippen molar-refractivity contribution in [1.82, 2.24) is 0 Å².